The van der Waals surface area contributed by atoms with Crippen LogP contribution in [0.1, 0.15) is 39.9 Å². The fourth-order valence-electron chi connectivity index (χ4n) is 1.29. The van der Waals surface area contributed by atoms with Gasteiger partial charge in [-0.15, -0.1) is 11.6 Å². The molecule has 0 spiro atoms. The Hall–Kier alpha value is -0.350. The summed E-state index contributed by atoms with van der Waals surface area (Å²) in [6, 6.07) is 0. The number of anilines is 1. The molecule has 5 heteroatoms. The lowest BCUT2D eigenvalue weighted by Gasteiger charge is -2.18. The van der Waals surface area contributed by atoms with Crippen LogP contribution in [0.15, 0.2) is 0 Å². The van der Waals surface area contributed by atoms with Gasteiger partial charge in [-0.2, -0.15) is 4.37 Å². The minimum absolute atomic E-state index is 0.0284. The SMILES string of the molecule is CCN(CCCCl)c1nc(C(C)(C)C)ns1. The fraction of sp³-hybridized carbons (Fsp3) is 0.818. The molecule has 1 rings (SSSR count). The van der Waals surface area contributed by atoms with Gasteiger partial charge in [-0.1, -0.05) is 20.8 Å². The second kappa shape index (κ2) is 5.82. The molecule has 0 atom stereocenters. The maximum atomic E-state index is 5.71. The van der Waals surface area contributed by atoms with Crippen LogP contribution >= 0.6 is 23.1 Å². The second-order valence-electron chi connectivity index (χ2n) is 4.77. The Morgan fingerprint density at radius 1 is 1.38 bits per heavy atom. The average Bonchev–Trinajstić information content (AvgIpc) is 2.68. The Bertz CT molecular complexity index is 319. The van der Waals surface area contributed by atoms with E-state index in [1.807, 2.05) is 0 Å². The fourth-order valence-corrected chi connectivity index (χ4v) is 2.35. The van der Waals surface area contributed by atoms with Crippen molar-refractivity contribution in [2.24, 2.45) is 0 Å². The third-order valence-corrected chi connectivity index (χ3v) is 3.34. The first-order valence-corrected chi connectivity index (χ1v) is 6.95. The average molecular weight is 262 g/mol. The number of alkyl halides is 1. The van der Waals surface area contributed by atoms with Crippen molar-refractivity contribution in [2.75, 3.05) is 23.9 Å². The third-order valence-electron chi connectivity index (χ3n) is 2.30. The van der Waals surface area contributed by atoms with Crippen molar-refractivity contribution >= 4 is 28.3 Å². The van der Waals surface area contributed by atoms with Gasteiger partial charge in [0.15, 0.2) is 0 Å². The number of hydrogen-bond acceptors (Lipinski definition) is 4. The molecule has 1 aromatic heterocycles. The van der Waals surface area contributed by atoms with E-state index in [0.717, 1.165) is 30.5 Å². The zero-order valence-corrected chi connectivity index (χ0v) is 12.0. The van der Waals surface area contributed by atoms with Crippen molar-refractivity contribution in [3.63, 3.8) is 0 Å². The summed E-state index contributed by atoms with van der Waals surface area (Å²) in [6.07, 6.45) is 0.986. The summed E-state index contributed by atoms with van der Waals surface area (Å²) in [7, 11) is 0. The normalized spacial score (nSPS) is 11.8. The highest BCUT2D eigenvalue weighted by molar-refractivity contribution is 7.09. The summed E-state index contributed by atoms with van der Waals surface area (Å²) in [5.41, 5.74) is 0.0284. The molecule has 1 aromatic rings. The van der Waals surface area contributed by atoms with Crippen molar-refractivity contribution in [3.8, 4) is 0 Å². The molecule has 0 N–H and O–H groups in total. The molecule has 1 heterocycles. The molecule has 0 aliphatic carbocycles. The number of hydrogen-bond donors (Lipinski definition) is 0. The highest BCUT2D eigenvalue weighted by Gasteiger charge is 2.21. The Kier molecular flexibility index (Phi) is 4.99. The predicted molar refractivity (Wildman–Crippen MR) is 71.8 cm³/mol. The van der Waals surface area contributed by atoms with E-state index in [1.165, 1.54) is 11.5 Å². The Morgan fingerprint density at radius 3 is 2.50 bits per heavy atom. The van der Waals surface area contributed by atoms with E-state index in [4.69, 9.17) is 11.6 Å². The predicted octanol–water partition coefficient (Wildman–Crippen LogP) is 3.29. The van der Waals surface area contributed by atoms with Gasteiger partial charge in [-0.05, 0) is 13.3 Å². The van der Waals surface area contributed by atoms with Crippen LogP contribution in [-0.2, 0) is 5.41 Å². The first-order chi connectivity index (χ1) is 7.49. The van der Waals surface area contributed by atoms with Gasteiger partial charge in [0.2, 0.25) is 5.13 Å². The second-order valence-corrected chi connectivity index (χ2v) is 5.88. The van der Waals surface area contributed by atoms with E-state index >= 15 is 0 Å². The molecule has 0 fully saturated rings. The van der Waals surface area contributed by atoms with Crippen LogP contribution in [0.25, 0.3) is 0 Å². The summed E-state index contributed by atoms with van der Waals surface area (Å²) in [4.78, 5) is 6.83. The Morgan fingerprint density at radius 2 is 2.06 bits per heavy atom. The maximum absolute atomic E-state index is 5.71. The molecular formula is C11H20ClN3S. The Labute approximate surface area is 107 Å². The third kappa shape index (κ3) is 3.59. The summed E-state index contributed by atoms with van der Waals surface area (Å²) < 4.78 is 4.42. The summed E-state index contributed by atoms with van der Waals surface area (Å²) in [6.45, 7) is 10.4. The smallest absolute Gasteiger partial charge is 0.205 e. The number of aromatic nitrogens is 2. The standard InChI is InChI=1S/C11H20ClN3S/c1-5-15(8-6-7-12)10-13-9(14-16-10)11(2,3)4/h5-8H2,1-4H3. The molecule has 0 unspecified atom stereocenters. The van der Waals surface area contributed by atoms with Crippen molar-refractivity contribution < 1.29 is 0 Å². The van der Waals surface area contributed by atoms with Crippen LogP contribution in [-0.4, -0.2) is 28.3 Å². The molecule has 0 amide bonds. The number of halogens is 1. The minimum atomic E-state index is 0.0284. The van der Waals surface area contributed by atoms with Gasteiger partial charge in [-0.3, -0.25) is 0 Å². The maximum Gasteiger partial charge on any atom is 0.205 e. The van der Waals surface area contributed by atoms with Crippen molar-refractivity contribution in [2.45, 2.75) is 39.5 Å². The van der Waals surface area contributed by atoms with Crippen molar-refractivity contribution in [3.05, 3.63) is 5.82 Å². The monoisotopic (exact) mass is 261 g/mol. The zero-order valence-electron chi connectivity index (χ0n) is 10.5. The highest BCUT2D eigenvalue weighted by Crippen LogP contribution is 2.25. The van der Waals surface area contributed by atoms with E-state index in [-0.39, 0.29) is 5.41 Å². The van der Waals surface area contributed by atoms with Gasteiger partial charge in [0.1, 0.15) is 5.82 Å². The Balaban J connectivity index is 2.75. The highest BCUT2D eigenvalue weighted by atomic mass is 35.5. The summed E-state index contributed by atoms with van der Waals surface area (Å²) >= 11 is 7.19. The first kappa shape index (κ1) is 13.7. The van der Waals surface area contributed by atoms with Crippen molar-refractivity contribution in [1.29, 1.82) is 0 Å². The number of nitrogens with zero attached hydrogens (tertiary/aromatic N) is 3. The summed E-state index contributed by atoms with van der Waals surface area (Å²) in [5.74, 6) is 1.62. The molecule has 3 nitrogen and oxygen atoms in total. The van der Waals surface area contributed by atoms with Crippen LogP contribution < -0.4 is 4.90 Å². The number of rotatable bonds is 5. The van der Waals surface area contributed by atoms with Gasteiger partial charge >= 0.3 is 0 Å². The first-order valence-electron chi connectivity index (χ1n) is 5.64. The van der Waals surface area contributed by atoms with Crippen molar-refractivity contribution in [1.82, 2.24) is 9.36 Å². The summed E-state index contributed by atoms with van der Waals surface area (Å²) in [5, 5.41) is 1.01. The molecule has 0 saturated carbocycles. The minimum Gasteiger partial charge on any atom is -0.347 e. The van der Waals surface area contributed by atoms with Gasteiger partial charge in [-0.25, -0.2) is 4.98 Å². The molecule has 16 heavy (non-hydrogen) atoms. The van der Waals surface area contributed by atoms with E-state index in [0.29, 0.717) is 5.88 Å². The van der Waals surface area contributed by atoms with E-state index in [9.17, 15) is 0 Å². The molecule has 0 saturated heterocycles. The van der Waals surface area contributed by atoms with Crippen LogP contribution in [0, 0.1) is 0 Å². The lowest BCUT2D eigenvalue weighted by molar-refractivity contribution is 0.554. The lowest BCUT2D eigenvalue weighted by atomic mass is 9.96. The topological polar surface area (TPSA) is 29.0 Å². The molecule has 0 bridgehead atoms. The largest absolute Gasteiger partial charge is 0.347 e. The van der Waals surface area contributed by atoms with Crippen LogP contribution in [0.5, 0.6) is 0 Å². The van der Waals surface area contributed by atoms with Gasteiger partial charge in [0.05, 0.1) is 0 Å². The lowest BCUT2D eigenvalue weighted by Crippen LogP contribution is -2.24. The molecule has 0 aromatic carbocycles. The van der Waals surface area contributed by atoms with Gasteiger partial charge in [0, 0.05) is 35.9 Å². The van der Waals surface area contributed by atoms with Crippen LogP contribution in [0.2, 0.25) is 0 Å². The molecular weight excluding hydrogens is 242 g/mol. The van der Waals surface area contributed by atoms with Crippen LogP contribution in [0.4, 0.5) is 5.13 Å². The molecule has 92 valence electrons. The molecule has 0 aliphatic rings. The van der Waals surface area contributed by atoms with E-state index < -0.39 is 0 Å². The van der Waals surface area contributed by atoms with Crippen LogP contribution in [0.3, 0.4) is 0 Å². The molecule has 0 aliphatic heterocycles. The van der Waals surface area contributed by atoms with E-state index in [1.54, 1.807) is 0 Å². The van der Waals surface area contributed by atoms with E-state index in [2.05, 4.69) is 42.0 Å². The quantitative estimate of drug-likeness (QED) is 0.762. The zero-order chi connectivity index (χ0) is 12.2. The van der Waals surface area contributed by atoms with Gasteiger partial charge < -0.3 is 4.90 Å². The molecule has 0 radical (unpaired) electrons. The van der Waals surface area contributed by atoms with Gasteiger partial charge in [0.25, 0.3) is 0 Å².